The predicted molar refractivity (Wildman–Crippen MR) is 189 cm³/mol. The number of benzene rings is 4. The molecule has 7 nitrogen and oxygen atoms in total. The molecule has 47 heavy (non-hydrogen) atoms. The van der Waals surface area contributed by atoms with Crippen molar-refractivity contribution in [3.8, 4) is 0 Å². The maximum absolute atomic E-state index is 14.6. The summed E-state index contributed by atoms with van der Waals surface area (Å²) in [6, 6.07) is 25.2. The number of amides is 2. The van der Waals surface area contributed by atoms with Gasteiger partial charge in [-0.2, -0.15) is 0 Å². The SMILES string of the molecule is O=C(NC1CCCC1)[C@H](Cc1ccccc1)N(Cc1ccc(Cl)cc1Cl)C(=O)CN(c1cccc(Cl)c1)S(=O)(=O)c1ccc(Cl)cc1. The van der Waals surface area contributed by atoms with Gasteiger partial charge in [-0.15, -0.1) is 0 Å². The molecule has 5 rings (SSSR count). The summed E-state index contributed by atoms with van der Waals surface area (Å²) in [7, 11) is -4.30. The second kappa shape index (κ2) is 15.8. The van der Waals surface area contributed by atoms with Crippen molar-refractivity contribution >= 4 is 73.9 Å². The Morgan fingerprint density at radius 3 is 2.11 bits per heavy atom. The largest absolute Gasteiger partial charge is 0.352 e. The van der Waals surface area contributed by atoms with Gasteiger partial charge in [-0.05, 0) is 78.6 Å². The lowest BCUT2D eigenvalue weighted by Gasteiger charge is -2.34. The summed E-state index contributed by atoms with van der Waals surface area (Å²) in [5.41, 5.74) is 1.56. The molecular formula is C35H33Cl4N3O4S. The van der Waals surface area contributed by atoms with Gasteiger partial charge in [-0.1, -0.05) is 102 Å². The van der Waals surface area contributed by atoms with Crippen molar-refractivity contribution < 1.29 is 18.0 Å². The Kier molecular flexibility index (Phi) is 11.7. The number of anilines is 1. The fourth-order valence-corrected chi connectivity index (χ4v) is 7.83. The van der Waals surface area contributed by atoms with E-state index in [-0.39, 0.29) is 40.5 Å². The second-order valence-electron chi connectivity index (χ2n) is 11.4. The lowest BCUT2D eigenvalue weighted by Crippen LogP contribution is -2.54. The Bertz CT molecular complexity index is 1820. The van der Waals surface area contributed by atoms with Gasteiger partial charge >= 0.3 is 0 Å². The first-order valence-corrected chi connectivity index (χ1v) is 18.1. The third-order valence-electron chi connectivity index (χ3n) is 8.11. The number of nitrogens with one attached hydrogen (secondary N) is 1. The van der Waals surface area contributed by atoms with E-state index in [1.54, 1.807) is 36.4 Å². The molecule has 1 aliphatic rings. The van der Waals surface area contributed by atoms with Crippen LogP contribution < -0.4 is 9.62 Å². The number of hydrogen-bond donors (Lipinski definition) is 1. The molecule has 0 heterocycles. The highest BCUT2D eigenvalue weighted by atomic mass is 35.5. The van der Waals surface area contributed by atoms with Crippen LogP contribution in [0.15, 0.2) is 102 Å². The first-order valence-electron chi connectivity index (χ1n) is 15.1. The van der Waals surface area contributed by atoms with Crippen molar-refractivity contribution in [3.05, 3.63) is 128 Å². The Balaban J connectivity index is 1.58. The third-order valence-corrected chi connectivity index (χ3v) is 11.0. The molecule has 246 valence electrons. The molecule has 0 aliphatic heterocycles. The van der Waals surface area contributed by atoms with Crippen LogP contribution in [-0.4, -0.2) is 43.8 Å². The molecule has 0 bridgehead atoms. The highest BCUT2D eigenvalue weighted by Gasteiger charge is 2.36. The van der Waals surface area contributed by atoms with Crippen molar-refractivity contribution in [1.82, 2.24) is 10.2 Å². The smallest absolute Gasteiger partial charge is 0.264 e. The highest BCUT2D eigenvalue weighted by Crippen LogP contribution is 2.29. The maximum Gasteiger partial charge on any atom is 0.264 e. The molecule has 4 aromatic rings. The molecule has 1 aliphatic carbocycles. The van der Waals surface area contributed by atoms with Gasteiger partial charge in [0.1, 0.15) is 12.6 Å². The van der Waals surface area contributed by atoms with Crippen LogP contribution in [-0.2, 0) is 32.6 Å². The van der Waals surface area contributed by atoms with E-state index in [0.717, 1.165) is 35.6 Å². The van der Waals surface area contributed by atoms with Gasteiger partial charge < -0.3 is 10.2 Å². The lowest BCUT2D eigenvalue weighted by atomic mass is 10.0. The summed E-state index contributed by atoms with van der Waals surface area (Å²) in [6.07, 6.45) is 3.91. The summed E-state index contributed by atoms with van der Waals surface area (Å²) < 4.78 is 29.3. The minimum atomic E-state index is -4.30. The lowest BCUT2D eigenvalue weighted by molar-refractivity contribution is -0.140. The van der Waals surface area contributed by atoms with Crippen LogP contribution in [0.4, 0.5) is 5.69 Å². The number of hydrogen-bond acceptors (Lipinski definition) is 4. The summed E-state index contributed by atoms with van der Waals surface area (Å²) in [6.45, 7) is -0.701. The Morgan fingerprint density at radius 1 is 0.787 bits per heavy atom. The van der Waals surface area contributed by atoms with E-state index in [1.165, 1.54) is 35.2 Å². The third kappa shape index (κ3) is 9.00. The Labute approximate surface area is 295 Å². The Hall–Kier alpha value is -3.27. The molecule has 1 N–H and O–H groups in total. The van der Waals surface area contributed by atoms with Gasteiger partial charge in [0.15, 0.2) is 0 Å². The fraction of sp³-hybridized carbons (Fsp3) is 0.257. The topological polar surface area (TPSA) is 86.8 Å². The predicted octanol–water partition coefficient (Wildman–Crippen LogP) is 8.19. The van der Waals surface area contributed by atoms with Crippen LogP contribution in [0.5, 0.6) is 0 Å². The average molecular weight is 734 g/mol. The molecule has 1 atom stereocenters. The van der Waals surface area contributed by atoms with Crippen molar-refractivity contribution in [2.24, 2.45) is 0 Å². The van der Waals surface area contributed by atoms with E-state index in [1.807, 2.05) is 30.3 Å². The van der Waals surface area contributed by atoms with Gasteiger partial charge in [0.05, 0.1) is 10.6 Å². The number of carbonyl (C=O) groups excluding carboxylic acids is 2. The van der Waals surface area contributed by atoms with E-state index in [9.17, 15) is 18.0 Å². The van der Waals surface area contributed by atoms with E-state index in [0.29, 0.717) is 20.6 Å². The van der Waals surface area contributed by atoms with Crippen molar-refractivity contribution in [1.29, 1.82) is 0 Å². The molecule has 2 amide bonds. The number of nitrogens with zero attached hydrogens (tertiary/aromatic N) is 2. The summed E-state index contributed by atoms with van der Waals surface area (Å²) in [4.78, 5) is 30.1. The molecular weight excluding hydrogens is 700 g/mol. The van der Waals surface area contributed by atoms with E-state index in [4.69, 9.17) is 46.4 Å². The van der Waals surface area contributed by atoms with Crippen LogP contribution in [0.2, 0.25) is 20.1 Å². The molecule has 1 saturated carbocycles. The first kappa shape index (κ1) is 35.0. The standard InChI is InChI=1S/C35H33Cl4N3O4S/c36-26-15-17-31(18-16-26)47(45,46)42(30-12-6-9-27(37)20-30)23-34(43)41(22-25-13-14-28(38)21-32(25)39)33(19-24-7-2-1-3-8-24)35(44)40-29-10-4-5-11-29/h1-3,6-9,12-18,20-21,29,33H,4-5,10-11,19,22-23H2,(H,40,44)/t33-/m0/s1. The summed E-state index contributed by atoms with van der Waals surface area (Å²) in [5, 5.41) is 4.52. The minimum absolute atomic E-state index is 0.00918. The van der Waals surface area contributed by atoms with Crippen molar-refractivity contribution in [2.45, 2.75) is 55.6 Å². The number of rotatable bonds is 12. The quantitative estimate of drug-likeness (QED) is 0.159. The first-order chi connectivity index (χ1) is 22.5. The maximum atomic E-state index is 14.6. The fourth-order valence-electron chi connectivity index (χ4n) is 5.65. The normalized spacial score (nSPS) is 14.0. The van der Waals surface area contributed by atoms with Gasteiger partial charge in [0, 0.05) is 39.1 Å². The number of sulfonamides is 1. The second-order valence-corrected chi connectivity index (χ2v) is 15.0. The minimum Gasteiger partial charge on any atom is -0.352 e. The van der Waals surface area contributed by atoms with Crippen LogP contribution >= 0.6 is 46.4 Å². The zero-order valence-electron chi connectivity index (χ0n) is 25.3. The van der Waals surface area contributed by atoms with Crippen molar-refractivity contribution in [2.75, 3.05) is 10.8 Å². The zero-order chi connectivity index (χ0) is 33.6. The van der Waals surface area contributed by atoms with Gasteiger partial charge in [0.25, 0.3) is 10.0 Å². The number of carbonyl (C=O) groups is 2. The highest BCUT2D eigenvalue weighted by molar-refractivity contribution is 7.92. The van der Waals surface area contributed by atoms with Crippen LogP contribution in [0.25, 0.3) is 0 Å². The molecule has 12 heteroatoms. The molecule has 0 saturated heterocycles. The van der Waals surface area contributed by atoms with Crippen LogP contribution in [0.1, 0.15) is 36.8 Å². The van der Waals surface area contributed by atoms with Gasteiger partial charge in [0.2, 0.25) is 11.8 Å². The monoisotopic (exact) mass is 731 g/mol. The summed E-state index contributed by atoms with van der Waals surface area (Å²) >= 11 is 25.1. The van der Waals surface area contributed by atoms with E-state index in [2.05, 4.69) is 5.32 Å². The molecule has 0 spiro atoms. The van der Waals surface area contributed by atoms with E-state index >= 15 is 0 Å². The molecule has 0 aromatic heterocycles. The van der Waals surface area contributed by atoms with Crippen LogP contribution in [0, 0.1) is 0 Å². The van der Waals surface area contributed by atoms with Gasteiger partial charge in [-0.3, -0.25) is 13.9 Å². The number of halogens is 4. The molecule has 0 unspecified atom stereocenters. The Morgan fingerprint density at radius 2 is 1.45 bits per heavy atom. The van der Waals surface area contributed by atoms with Crippen molar-refractivity contribution in [3.63, 3.8) is 0 Å². The zero-order valence-corrected chi connectivity index (χ0v) is 29.1. The molecule has 1 fully saturated rings. The molecule has 4 aromatic carbocycles. The van der Waals surface area contributed by atoms with E-state index < -0.39 is 28.5 Å². The van der Waals surface area contributed by atoms with Crippen LogP contribution in [0.3, 0.4) is 0 Å². The molecule has 0 radical (unpaired) electrons. The summed E-state index contributed by atoms with van der Waals surface area (Å²) in [5.74, 6) is -0.940. The van der Waals surface area contributed by atoms with Gasteiger partial charge in [-0.25, -0.2) is 8.42 Å². The average Bonchev–Trinajstić information content (AvgIpc) is 3.56.